The minimum Gasteiger partial charge on any atom is -0.496 e. The lowest BCUT2D eigenvalue weighted by molar-refractivity contribution is 0.218. The maximum absolute atomic E-state index is 5.54. The van der Waals surface area contributed by atoms with Gasteiger partial charge in [-0.3, -0.25) is 0 Å². The lowest BCUT2D eigenvalue weighted by Gasteiger charge is -2.36. The molecule has 0 fully saturated rings. The second kappa shape index (κ2) is 7.64. The monoisotopic (exact) mass is 355 g/mol. The Bertz CT molecular complexity index is 447. The van der Waals surface area contributed by atoms with Crippen LogP contribution in [0, 0.1) is 5.41 Å². The molecule has 0 aliphatic rings. The third kappa shape index (κ3) is 5.63. The molecule has 0 aromatic heterocycles. The Labute approximate surface area is 138 Å². The molecular formula is C18H30BrNO. The zero-order valence-corrected chi connectivity index (χ0v) is 15.9. The Hall–Kier alpha value is -0.540. The van der Waals surface area contributed by atoms with Crippen LogP contribution in [0.2, 0.25) is 0 Å². The zero-order valence-electron chi connectivity index (χ0n) is 14.3. The van der Waals surface area contributed by atoms with E-state index >= 15 is 0 Å². The van der Waals surface area contributed by atoms with E-state index in [1.165, 1.54) is 5.56 Å². The molecule has 0 amide bonds. The fraction of sp³-hybridized carbons (Fsp3) is 0.667. The van der Waals surface area contributed by atoms with Crippen LogP contribution in [-0.4, -0.2) is 19.2 Å². The maximum Gasteiger partial charge on any atom is 0.122 e. The summed E-state index contributed by atoms with van der Waals surface area (Å²) >= 11 is 3.58. The number of hydrogen-bond acceptors (Lipinski definition) is 2. The number of ether oxygens (including phenoxy) is 1. The second-order valence-electron chi connectivity index (χ2n) is 6.94. The van der Waals surface area contributed by atoms with Gasteiger partial charge in [-0.15, -0.1) is 0 Å². The molecule has 3 heteroatoms. The molecule has 120 valence electrons. The lowest BCUT2D eigenvalue weighted by atomic mass is 9.76. The number of hydrogen-bond donors (Lipinski definition) is 1. The van der Waals surface area contributed by atoms with Gasteiger partial charge >= 0.3 is 0 Å². The molecule has 1 N–H and O–H groups in total. The molecule has 0 heterocycles. The predicted octanol–water partition coefficient (Wildman–Crippen LogP) is 5.19. The van der Waals surface area contributed by atoms with Gasteiger partial charge in [0.2, 0.25) is 0 Å². The minimum atomic E-state index is 0.150. The summed E-state index contributed by atoms with van der Waals surface area (Å²) in [5, 5.41) is 3.68. The molecule has 0 radical (unpaired) electrons. The van der Waals surface area contributed by atoms with Crippen molar-refractivity contribution >= 4 is 15.9 Å². The Morgan fingerprint density at radius 2 is 1.76 bits per heavy atom. The first-order valence-corrected chi connectivity index (χ1v) is 8.62. The highest BCUT2D eigenvalue weighted by Crippen LogP contribution is 2.35. The van der Waals surface area contributed by atoms with Gasteiger partial charge in [-0.25, -0.2) is 0 Å². The lowest BCUT2D eigenvalue weighted by Crippen LogP contribution is -2.44. The molecule has 0 unspecified atom stereocenters. The molecule has 0 saturated heterocycles. The summed E-state index contributed by atoms with van der Waals surface area (Å²) in [5.41, 5.74) is 1.70. The Morgan fingerprint density at radius 3 is 2.24 bits per heavy atom. The van der Waals surface area contributed by atoms with Crippen LogP contribution >= 0.6 is 15.9 Å². The van der Waals surface area contributed by atoms with E-state index in [4.69, 9.17) is 4.74 Å². The van der Waals surface area contributed by atoms with Gasteiger partial charge < -0.3 is 10.1 Å². The van der Waals surface area contributed by atoms with Gasteiger partial charge in [-0.1, -0.05) is 29.8 Å². The first kappa shape index (κ1) is 18.5. The average molecular weight is 356 g/mol. The Balaban J connectivity index is 2.99. The van der Waals surface area contributed by atoms with E-state index in [-0.39, 0.29) is 11.0 Å². The fourth-order valence-corrected chi connectivity index (χ4v) is 2.96. The number of rotatable bonds is 7. The van der Waals surface area contributed by atoms with Gasteiger partial charge in [0.1, 0.15) is 5.75 Å². The van der Waals surface area contributed by atoms with Crippen LogP contribution in [0.3, 0.4) is 0 Å². The zero-order chi connectivity index (χ0) is 16.1. The molecule has 1 rings (SSSR count). The molecule has 0 spiro atoms. The average Bonchev–Trinajstić information content (AvgIpc) is 2.43. The fourth-order valence-electron chi connectivity index (χ4n) is 2.55. The van der Waals surface area contributed by atoms with E-state index in [1.54, 1.807) is 7.11 Å². The van der Waals surface area contributed by atoms with Crippen molar-refractivity contribution in [2.75, 3.05) is 13.7 Å². The van der Waals surface area contributed by atoms with Crippen LogP contribution < -0.4 is 10.1 Å². The minimum absolute atomic E-state index is 0.150. The molecule has 0 aliphatic heterocycles. The smallest absolute Gasteiger partial charge is 0.122 e. The summed E-state index contributed by atoms with van der Waals surface area (Å²) in [6.07, 6.45) is 3.34. The van der Waals surface area contributed by atoms with Crippen LogP contribution in [0.15, 0.2) is 22.7 Å². The summed E-state index contributed by atoms with van der Waals surface area (Å²) in [5.74, 6) is 0.986. The van der Waals surface area contributed by atoms with E-state index in [1.807, 2.05) is 12.1 Å². The van der Waals surface area contributed by atoms with Gasteiger partial charge in [0.25, 0.3) is 0 Å². The number of halogens is 1. The van der Waals surface area contributed by atoms with Crippen molar-refractivity contribution in [2.45, 2.75) is 59.4 Å². The first-order valence-electron chi connectivity index (χ1n) is 7.82. The molecule has 0 bridgehead atoms. The van der Waals surface area contributed by atoms with E-state index in [0.717, 1.165) is 36.0 Å². The van der Waals surface area contributed by atoms with Crippen molar-refractivity contribution in [3.63, 3.8) is 0 Å². The van der Waals surface area contributed by atoms with Gasteiger partial charge in [0.15, 0.2) is 0 Å². The van der Waals surface area contributed by atoms with Crippen LogP contribution in [0.25, 0.3) is 0 Å². The summed E-state index contributed by atoms with van der Waals surface area (Å²) in [6, 6.07) is 6.28. The van der Waals surface area contributed by atoms with Gasteiger partial charge in [0.05, 0.1) is 7.11 Å². The number of nitrogens with one attached hydrogen (secondary N) is 1. The van der Waals surface area contributed by atoms with E-state index in [9.17, 15) is 0 Å². The van der Waals surface area contributed by atoms with Gasteiger partial charge in [-0.2, -0.15) is 0 Å². The largest absolute Gasteiger partial charge is 0.496 e. The maximum atomic E-state index is 5.54. The number of benzene rings is 1. The third-order valence-corrected chi connectivity index (χ3v) is 4.79. The third-order valence-electron chi connectivity index (χ3n) is 4.30. The second-order valence-corrected chi connectivity index (χ2v) is 7.86. The van der Waals surface area contributed by atoms with Crippen LogP contribution in [0.5, 0.6) is 5.75 Å². The first-order chi connectivity index (χ1) is 9.75. The highest BCUT2D eigenvalue weighted by molar-refractivity contribution is 9.10. The molecule has 0 aliphatic carbocycles. The molecule has 0 atom stereocenters. The summed E-state index contributed by atoms with van der Waals surface area (Å²) in [4.78, 5) is 0. The molecule has 1 aromatic carbocycles. The Kier molecular flexibility index (Phi) is 6.73. The van der Waals surface area contributed by atoms with E-state index in [0.29, 0.717) is 0 Å². The highest BCUT2D eigenvalue weighted by atomic mass is 79.9. The summed E-state index contributed by atoms with van der Waals surface area (Å²) in [6.45, 7) is 12.3. The van der Waals surface area contributed by atoms with Crippen molar-refractivity contribution < 1.29 is 4.74 Å². The molecule has 21 heavy (non-hydrogen) atoms. The van der Waals surface area contributed by atoms with E-state index in [2.05, 4.69) is 61.9 Å². The van der Waals surface area contributed by atoms with Crippen molar-refractivity contribution in [3.8, 4) is 5.75 Å². The van der Waals surface area contributed by atoms with Gasteiger partial charge in [-0.05, 0) is 69.2 Å². The van der Waals surface area contributed by atoms with Crippen molar-refractivity contribution in [2.24, 2.45) is 5.41 Å². The molecule has 1 aromatic rings. The van der Waals surface area contributed by atoms with Crippen LogP contribution in [0.4, 0.5) is 0 Å². The van der Waals surface area contributed by atoms with Crippen molar-refractivity contribution in [1.29, 1.82) is 0 Å². The van der Waals surface area contributed by atoms with Crippen LogP contribution in [0.1, 0.15) is 53.0 Å². The van der Waals surface area contributed by atoms with Crippen molar-refractivity contribution in [3.05, 3.63) is 28.2 Å². The molecular weight excluding hydrogens is 326 g/mol. The number of methoxy groups -OCH3 is 1. The van der Waals surface area contributed by atoms with Crippen molar-refractivity contribution in [1.82, 2.24) is 5.32 Å². The van der Waals surface area contributed by atoms with Crippen LogP contribution in [-0.2, 0) is 6.42 Å². The summed E-state index contributed by atoms with van der Waals surface area (Å²) < 4.78 is 6.65. The summed E-state index contributed by atoms with van der Waals surface area (Å²) in [7, 11) is 1.75. The SMILES string of the molecule is CCC(CC)(CNC(C)(C)C)Cc1cc(Br)ccc1OC. The molecule has 2 nitrogen and oxygen atoms in total. The van der Waals surface area contributed by atoms with Gasteiger partial charge in [0, 0.05) is 16.6 Å². The quantitative estimate of drug-likeness (QED) is 0.725. The normalized spacial score (nSPS) is 12.5. The standard InChI is InChI=1S/C18H30BrNO/c1-7-18(8-2,13-20-17(3,4)5)12-14-11-15(19)9-10-16(14)21-6/h9-11,20H,7-8,12-13H2,1-6H3. The topological polar surface area (TPSA) is 21.3 Å². The predicted molar refractivity (Wildman–Crippen MR) is 95.2 cm³/mol. The Morgan fingerprint density at radius 1 is 1.14 bits per heavy atom. The molecule has 0 saturated carbocycles. The highest BCUT2D eigenvalue weighted by Gasteiger charge is 2.29. The van der Waals surface area contributed by atoms with E-state index < -0.39 is 0 Å².